The van der Waals surface area contributed by atoms with Crippen LogP contribution in [0.2, 0.25) is 0 Å². The van der Waals surface area contributed by atoms with Crippen molar-refractivity contribution in [2.24, 2.45) is 11.7 Å². The topological polar surface area (TPSA) is 138 Å². The van der Waals surface area contributed by atoms with E-state index >= 15 is 0 Å². The Bertz CT molecular complexity index is 960. The molecule has 1 saturated carbocycles. The van der Waals surface area contributed by atoms with E-state index in [1.165, 1.54) is 6.20 Å². The summed E-state index contributed by atoms with van der Waals surface area (Å²) in [6.45, 7) is 2.93. The Hall–Kier alpha value is -3.10. The summed E-state index contributed by atoms with van der Waals surface area (Å²) in [6, 6.07) is 6.29. The molecule has 8 nitrogen and oxygen atoms in total. The Morgan fingerprint density at radius 1 is 1.33 bits per heavy atom. The molecule has 11 heteroatoms. The van der Waals surface area contributed by atoms with Crippen LogP contribution in [0.3, 0.4) is 0 Å². The molecule has 6 N–H and O–H groups in total. The fourth-order valence-corrected chi connectivity index (χ4v) is 4.32. The number of amides is 1. The summed E-state index contributed by atoms with van der Waals surface area (Å²) in [7, 11) is 0. The normalized spacial score (nSPS) is 25.5. The van der Waals surface area contributed by atoms with E-state index < -0.39 is 23.2 Å². The maximum atomic E-state index is 12.7. The summed E-state index contributed by atoms with van der Waals surface area (Å²) in [4.78, 5) is 14.0. The van der Waals surface area contributed by atoms with Gasteiger partial charge in [0.15, 0.2) is 0 Å². The van der Waals surface area contributed by atoms with Gasteiger partial charge in [-0.25, -0.2) is 0 Å². The molecule has 1 aromatic rings. The van der Waals surface area contributed by atoms with Gasteiger partial charge >= 0.3 is 6.18 Å². The lowest BCUT2D eigenvalue weighted by atomic mass is 9.79. The first-order valence-electron chi connectivity index (χ1n) is 10.5. The number of alkyl halides is 3. The van der Waals surface area contributed by atoms with Crippen molar-refractivity contribution in [1.29, 1.82) is 10.7 Å². The molecule has 2 fully saturated rings. The molecule has 3 atom stereocenters. The molecule has 1 saturated heterocycles. The van der Waals surface area contributed by atoms with E-state index in [1.807, 2.05) is 0 Å². The van der Waals surface area contributed by atoms with Gasteiger partial charge in [0.25, 0.3) is 5.91 Å². The monoisotopic (exact) mass is 464 g/mol. The van der Waals surface area contributed by atoms with Crippen LogP contribution in [0.4, 0.5) is 18.9 Å². The largest absolute Gasteiger partial charge is 0.416 e. The fourth-order valence-electron chi connectivity index (χ4n) is 4.32. The number of carbonyl (C=O) groups is 1. The smallest absolute Gasteiger partial charge is 0.388 e. The van der Waals surface area contributed by atoms with Crippen molar-refractivity contribution < 1.29 is 23.1 Å². The van der Waals surface area contributed by atoms with Gasteiger partial charge < -0.3 is 21.5 Å². The number of anilines is 1. The van der Waals surface area contributed by atoms with E-state index in [4.69, 9.17) is 11.1 Å². The second-order valence-corrected chi connectivity index (χ2v) is 8.87. The molecule has 3 rings (SSSR count). The number of primary amides is 1. The van der Waals surface area contributed by atoms with E-state index in [-0.39, 0.29) is 35.1 Å². The van der Waals surface area contributed by atoms with E-state index in [1.54, 1.807) is 6.92 Å². The summed E-state index contributed by atoms with van der Waals surface area (Å²) < 4.78 is 38.1. The highest BCUT2D eigenvalue weighted by Crippen LogP contribution is 2.33. The van der Waals surface area contributed by atoms with Crippen LogP contribution in [0, 0.1) is 22.7 Å². The molecule has 1 aliphatic carbocycles. The fraction of sp³-hybridized carbons (Fsp3) is 0.500. The third kappa shape index (κ3) is 6.03. The summed E-state index contributed by atoms with van der Waals surface area (Å²) in [6.07, 6.45) is -1.11. The molecule has 178 valence electrons. The van der Waals surface area contributed by atoms with Crippen molar-refractivity contribution in [2.45, 2.75) is 50.0 Å². The van der Waals surface area contributed by atoms with E-state index in [0.717, 1.165) is 30.7 Å². The van der Waals surface area contributed by atoms with Crippen LogP contribution < -0.4 is 16.4 Å². The number of β-amino-alcohol motifs (C(OH)–C–C–N with tert-alkyl or cyclic N) is 1. The van der Waals surface area contributed by atoms with Gasteiger partial charge in [0.2, 0.25) is 0 Å². The van der Waals surface area contributed by atoms with Gasteiger partial charge in [-0.15, -0.1) is 0 Å². The second kappa shape index (κ2) is 9.41. The second-order valence-electron chi connectivity index (χ2n) is 8.87. The minimum atomic E-state index is -4.47. The van der Waals surface area contributed by atoms with E-state index in [0.29, 0.717) is 25.9 Å². The molecule has 2 aliphatic rings. The zero-order valence-corrected chi connectivity index (χ0v) is 18.1. The zero-order chi connectivity index (χ0) is 24.4. The molecular formula is C22H27F3N6O2. The predicted octanol–water partition coefficient (Wildman–Crippen LogP) is 2.18. The number of likely N-dealkylation sites (tertiary alicyclic amines) is 1. The Balaban J connectivity index is 1.62. The highest BCUT2D eigenvalue weighted by atomic mass is 19.4. The van der Waals surface area contributed by atoms with Crippen molar-refractivity contribution in [2.75, 3.05) is 18.4 Å². The van der Waals surface area contributed by atoms with Crippen LogP contribution in [-0.2, 0) is 11.0 Å². The molecular weight excluding hydrogens is 437 g/mol. The first kappa shape index (κ1) is 24.5. The van der Waals surface area contributed by atoms with Gasteiger partial charge in [-0.2, -0.15) is 18.4 Å². The number of halogens is 3. The summed E-state index contributed by atoms with van der Waals surface area (Å²) in [5, 5.41) is 33.3. The number of carbonyl (C=O) groups excluding carboxylic acids is 1. The molecule has 0 unspecified atom stereocenters. The average molecular weight is 464 g/mol. The van der Waals surface area contributed by atoms with Crippen LogP contribution in [0.5, 0.6) is 0 Å². The number of rotatable bonds is 6. The van der Waals surface area contributed by atoms with Gasteiger partial charge in [-0.3, -0.25) is 15.1 Å². The average Bonchev–Trinajstić information content (AvgIpc) is 2.71. The number of aliphatic hydroxyl groups is 1. The number of nitrogens with one attached hydrogen (secondary N) is 3. The maximum absolute atomic E-state index is 12.7. The highest BCUT2D eigenvalue weighted by molar-refractivity contribution is 6.23. The zero-order valence-electron chi connectivity index (χ0n) is 18.1. The molecule has 1 amide bonds. The van der Waals surface area contributed by atoms with Gasteiger partial charge in [0, 0.05) is 37.1 Å². The number of nitriles is 1. The maximum Gasteiger partial charge on any atom is 0.416 e. The minimum absolute atomic E-state index is 0.187. The molecule has 0 aromatic heterocycles. The van der Waals surface area contributed by atoms with Crippen molar-refractivity contribution in [3.63, 3.8) is 0 Å². The molecule has 0 spiro atoms. The third-order valence-electron chi connectivity index (χ3n) is 6.05. The lowest BCUT2D eigenvalue weighted by Gasteiger charge is -2.50. The Labute approximate surface area is 189 Å². The van der Waals surface area contributed by atoms with Crippen LogP contribution in [-0.4, -0.2) is 52.5 Å². The van der Waals surface area contributed by atoms with Crippen molar-refractivity contribution >= 4 is 17.4 Å². The lowest BCUT2D eigenvalue weighted by molar-refractivity contribution is -0.137. The Kier molecular flexibility index (Phi) is 7.00. The molecule has 33 heavy (non-hydrogen) atoms. The number of hydrogen-bond acceptors (Lipinski definition) is 6. The minimum Gasteiger partial charge on any atom is -0.388 e. The number of nitrogens with zero attached hydrogens (tertiary/aromatic N) is 2. The first-order valence-corrected chi connectivity index (χ1v) is 10.5. The summed E-state index contributed by atoms with van der Waals surface area (Å²) >= 11 is 0. The number of benzene rings is 1. The molecule has 1 aromatic carbocycles. The summed E-state index contributed by atoms with van der Waals surface area (Å²) in [5.74, 6) is -1.60. The Morgan fingerprint density at radius 3 is 2.48 bits per heavy atom. The van der Waals surface area contributed by atoms with E-state index in [2.05, 4.69) is 21.6 Å². The van der Waals surface area contributed by atoms with Gasteiger partial charge in [0.1, 0.15) is 5.84 Å². The van der Waals surface area contributed by atoms with E-state index in [9.17, 15) is 28.3 Å². The van der Waals surface area contributed by atoms with Crippen LogP contribution in [0.1, 0.15) is 31.7 Å². The quantitative estimate of drug-likeness (QED) is 0.249. The van der Waals surface area contributed by atoms with Crippen LogP contribution >= 0.6 is 0 Å². The van der Waals surface area contributed by atoms with Gasteiger partial charge in [-0.05, 0) is 50.5 Å². The predicted molar refractivity (Wildman–Crippen MR) is 116 cm³/mol. The Morgan fingerprint density at radius 2 is 1.97 bits per heavy atom. The molecule has 0 radical (unpaired) electrons. The molecule has 0 bridgehead atoms. The number of hydrogen-bond donors (Lipinski definition) is 5. The molecule has 1 aliphatic heterocycles. The van der Waals surface area contributed by atoms with Crippen LogP contribution in [0.25, 0.3) is 0 Å². The molecule has 1 heterocycles. The van der Waals surface area contributed by atoms with Crippen molar-refractivity contribution in [3.05, 3.63) is 41.6 Å². The number of nitrogens with two attached hydrogens (primary N) is 1. The highest BCUT2D eigenvalue weighted by Gasteiger charge is 2.43. The first-order chi connectivity index (χ1) is 15.4. The number of amidine groups is 1. The standard InChI is InChI=1S/C22H27F3N6O2/c1-21(33)11-31(12-21)16-6-7-18(13(8-16)9-26)29-10-17(20(28)32)19(27)30-15-4-2-14(3-5-15)22(23,24)25/h2-5,10,13,16,18,29,33H,6-8,11-12H2,1H3,(H2,27,30)(H2,28,32)/b17-10+/t13-,16-,18+/m1/s1. The van der Waals surface area contributed by atoms with Crippen LogP contribution in [0.15, 0.2) is 36.0 Å². The lowest BCUT2D eigenvalue weighted by Crippen LogP contribution is -2.64. The van der Waals surface area contributed by atoms with Crippen molar-refractivity contribution in [1.82, 2.24) is 10.2 Å². The van der Waals surface area contributed by atoms with Crippen molar-refractivity contribution in [3.8, 4) is 6.07 Å². The SMILES string of the molecule is CC1(O)CN([C@@H]2CC[C@H](N/C=C(\C(=N)Nc3ccc(C(F)(F)F)cc3)C(N)=O)[C@@H](C#N)C2)C1. The third-order valence-corrected chi connectivity index (χ3v) is 6.05. The van der Waals surface area contributed by atoms with Gasteiger partial charge in [0.05, 0.1) is 28.7 Å². The summed E-state index contributed by atoms with van der Waals surface area (Å²) in [5.41, 5.74) is 3.89. The van der Waals surface area contributed by atoms with Gasteiger partial charge in [-0.1, -0.05) is 0 Å².